The number of para-hydroxylation sites is 1. The quantitative estimate of drug-likeness (QED) is 0.865. The molecule has 4 heteroatoms. The van der Waals surface area contributed by atoms with Crippen molar-refractivity contribution in [2.24, 2.45) is 11.8 Å². The molecule has 1 aromatic carbocycles. The molecule has 110 valence electrons. The molecule has 1 fully saturated rings. The maximum absolute atomic E-state index is 12.4. The van der Waals surface area contributed by atoms with Gasteiger partial charge in [0.25, 0.3) is 0 Å². The van der Waals surface area contributed by atoms with Crippen molar-refractivity contribution in [2.75, 3.05) is 32.1 Å². The lowest BCUT2D eigenvalue weighted by Crippen LogP contribution is -2.41. The Labute approximate surface area is 120 Å². The number of hydrogen-bond donors (Lipinski definition) is 2. The van der Waals surface area contributed by atoms with Gasteiger partial charge in [0.1, 0.15) is 0 Å². The van der Waals surface area contributed by atoms with E-state index in [0.717, 1.165) is 37.2 Å². The number of piperidine rings is 1. The fourth-order valence-electron chi connectivity index (χ4n) is 2.66. The van der Waals surface area contributed by atoms with Gasteiger partial charge in [-0.3, -0.25) is 4.79 Å². The monoisotopic (exact) mass is 276 g/mol. The van der Waals surface area contributed by atoms with Crippen LogP contribution in [0.25, 0.3) is 0 Å². The Morgan fingerprint density at radius 3 is 2.95 bits per heavy atom. The van der Waals surface area contributed by atoms with Gasteiger partial charge in [-0.05, 0) is 36.9 Å². The molecule has 0 aromatic heterocycles. The van der Waals surface area contributed by atoms with Crippen molar-refractivity contribution in [2.45, 2.75) is 19.8 Å². The first-order chi connectivity index (χ1) is 9.70. The topological polar surface area (TPSA) is 50.4 Å². The zero-order chi connectivity index (χ0) is 14.4. The Morgan fingerprint density at radius 1 is 1.40 bits per heavy atom. The highest BCUT2D eigenvalue weighted by Crippen LogP contribution is 2.20. The maximum atomic E-state index is 12.4. The van der Waals surface area contributed by atoms with Crippen molar-refractivity contribution >= 4 is 11.6 Å². The summed E-state index contributed by atoms with van der Waals surface area (Å²) in [5.41, 5.74) is 2.03. The molecule has 1 aliphatic heterocycles. The third-order valence-electron chi connectivity index (χ3n) is 3.79. The molecule has 2 rings (SSSR count). The van der Waals surface area contributed by atoms with Crippen LogP contribution in [0, 0.1) is 11.8 Å². The predicted molar refractivity (Wildman–Crippen MR) is 80.8 cm³/mol. The minimum absolute atomic E-state index is 0.0641. The first kappa shape index (κ1) is 15.0. The number of rotatable bonds is 5. The predicted octanol–water partition coefficient (Wildman–Crippen LogP) is 2.06. The Balaban J connectivity index is 1.99. The second kappa shape index (κ2) is 7.41. The lowest BCUT2D eigenvalue weighted by molar-refractivity contribution is -0.120. The normalized spacial score (nSPS) is 22.5. The Bertz CT molecular complexity index is 448. The van der Waals surface area contributed by atoms with Gasteiger partial charge in [0.05, 0.1) is 12.5 Å². The second-order valence-electron chi connectivity index (χ2n) is 5.59. The summed E-state index contributed by atoms with van der Waals surface area (Å²) in [6, 6.07) is 7.94. The molecule has 0 spiro atoms. The summed E-state index contributed by atoms with van der Waals surface area (Å²) in [5, 5.41) is 6.39. The van der Waals surface area contributed by atoms with Crippen LogP contribution in [0.4, 0.5) is 5.69 Å². The van der Waals surface area contributed by atoms with Crippen molar-refractivity contribution in [3.05, 3.63) is 29.8 Å². The zero-order valence-electron chi connectivity index (χ0n) is 12.3. The summed E-state index contributed by atoms with van der Waals surface area (Å²) in [6.45, 7) is 4.62. The summed E-state index contributed by atoms with van der Waals surface area (Å²) in [7, 11) is 1.69. The molecule has 4 nitrogen and oxygen atoms in total. The van der Waals surface area contributed by atoms with Crippen molar-refractivity contribution in [3.63, 3.8) is 0 Å². The molecule has 1 aliphatic rings. The van der Waals surface area contributed by atoms with E-state index in [1.54, 1.807) is 7.11 Å². The number of hydrogen-bond acceptors (Lipinski definition) is 3. The van der Waals surface area contributed by atoms with Gasteiger partial charge in [0, 0.05) is 19.3 Å². The fourth-order valence-corrected chi connectivity index (χ4v) is 2.66. The van der Waals surface area contributed by atoms with E-state index in [1.807, 2.05) is 24.3 Å². The summed E-state index contributed by atoms with van der Waals surface area (Å²) < 4.78 is 5.11. The van der Waals surface area contributed by atoms with Gasteiger partial charge < -0.3 is 15.4 Å². The van der Waals surface area contributed by atoms with E-state index < -0.39 is 0 Å². The van der Waals surface area contributed by atoms with Gasteiger partial charge in [0.15, 0.2) is 0 Å². The van der Waals surface area contributed by atoms with Gasteiger partial charge >= 0.3 is 0 Å². The molecule has 0 radical (unpaired) electrons. The van der Waals surface area contributed by atoms with E-state index >= 15 is 0 Å². The standard InChI is InChI=1S/C16H24N2O2/c1-12-9-14(11-17-10-12)16(19)18-15-6-4-3-5-13(15)7-8-20-2/h3-6,12,14,17H,7-11H2,1-2H3,(H,18,19). The summed E-state index contributed by atoms with van der Waals surface area (Å²) in [5.74, 6) is 0.742. The van der Waals surface area contributed by atoms with Crippen molar-refractivity contribution in [3.8, 4) is 0 Å². The van der Waals surface area contributed by atoms with Crippen LogP contribution >= 0.6 is 0 Å². The van der Waals surface area contributed by atoms with Crippen molar-refractivity contribution < 1.29 is 9.53 Å². The molecular formula is C16H24N2O2. The molecule has 0 aliphatic carbocycles. The molecule has 2 unspecified atom stereocenters. The van der Waals surface area contributed by atoms with Crippen LogP contribution < -0.4 is 10.6 Å². The Morgan fingerprint density at radius 2 is 2.20 bits per heavy atom. The van der Waals surface area contributed by atoms with E-state index in [-0.39, 0.29) is 11.8 Å². The first-order valence-corrected chi connectivity index (χ1v) is 7.29. The largest absolute Gasteiger partial charge is 0.384 e. The van der Waals surface area contributed by atoms with Gasteiger partial charge in [-0.25, -0.2) is 0 Å². The highest BCUT2D eigenvalue weighted by atomic mass is 16.5. The van der Waals surface area contributed by atoms with E-state index in [1.165, 1.54) is 0 Å². The van der Waals surface area contributed by atoms with E-state index in [4.69, 9.17) is 4.74 Å². The molecule has 1 aromatic rings. The number of nitrogens with one attached hydrogen (secondary N) is 2. The first-order valence-electron chi connectivity index (χ1n) is 7.29. The number of ether oxygens (including phenoxy) is 1. The molecule has 20 heavy (non-hydrogen) atoms. The number of benzene rings is 1. The van der Waals surface area contributed by atoms with Gasteiger partial charge in [-0.15, -0.1) is 0 Å². The Kier molecular flexibility index (Phi) is 5.56. The van der Waals surface area contributed by atoms with Crippen molar-refractivity contribution in [1.82, 2.24) is 5.32 Å². The molecule has 2 N–H and O–H groups in total. The molecule has 2 atom stereocenters. The maximum Gasteiger partial charge on any atom is 0.228 e. The van der Waals surface area contributed by atoms with E-state index in [0.29, 0.717) is 12.5 Å². The third-order valence-corrected chi connectivity index (χ3v) is 3.79. The van der Waals surface area contributed by atoms with Crippen LogP contribution in [-0.2, 0) is 16.0 Å². The molecule has 0 saturated carbocycles. The number of amides is 1. The number of anilines is 1. The fraction of sp³-hybridized carbons (Fsp3) is 0.562. The molecule has 1 heterocycles. The summed E-state index contributed by atoms with van der Waals surface area (Å²) in [6.07, 6.45) is 1.77. The van der Waals surface area contributed by atoms with Gasteiger partial charge in [0.2, 0.25) is 5.91 Å². The SMILES string of the molecule is COCCc1ccccc1NC(=O)C1CNCC(C)C1. The molecular weight excluding hydrogens is 252 g/mol. The third kappa shape index (κ3) is 4.05. The zero-order valence-corrected chi connectivity index (χ0v) is 12.3. The lowest BCUT2D eigenvalue weighted by Gasteiger charge is -2.27. The van der Waals surface area contributed by atoms with Gasteiger partial charge in [-0.1, -0.05) is 25.1 Å². The van der Waals surface area contributed by atoms with Crippen LogP contribution in [0.15, 0.2) is 24.3 Å². The molecule has 0 bridgehead atoms. The molecule has 1 amide bonds. The minimum atomic E-state index is 0.0641. The summed E-state index contributed by atoms with van der Waals surface area (Å²) in [4.78, 5) is 12.4. The second-order valence-corrected chi connectivity index (χ2v) is 5.59. The average molecular weight is 276 g/mol. The average Bonchev–Trinajstić information content (AvgIpc) is 2.46. The lowest BCUT2D eigenvalue weighted by atomic mass is 9.91. The molecule has 1 saturated heterocycles. The van der Waals surface area contributed by atoms with Crippen LogP contribution in [0.2, 0.25) is 0 Å². The van der Waals surface area contributed by atoms with Crippen LogP contribution in [0.5, 0.6) is 0 Å². The van der Waals surface area contributed by atoms with E-state index in [9.17, 15) is 4.79 Å². The van der Waals surface area contributed by atoms with Gasteiger partial charge in [-0.2, -0.15) is 0 Å². The highest BCUT2D eigenvalue weighted by Gasteiger charge is 2.25. The minimum Gasteiger partial charge on any atom is -0.384 e. The number of carbonyl (C=O) groups excluding carboxylic acids is 1. The smallest absolute Gasteiger partial charge is 0.228 e. The highest BCUT2D eigenvalue weighted by molar-refractivity contribution is 5.93. The van der Waals surface area contributed by atoms with Crippen LogP contribution in [-0.4, -0.2) is 32.7 Å². The Hall–Kier alpha value is -1.39. The van der Waals surface area contributed by atoms with E-state index in [2.05, 4.69) is 17.6 Å². The van der Waals surface area contributed by atoms with Crippen LogP contribution in [0.1, 0.15) is 18.9 Å². The summed E-state index contributed by atoms with van der Waals surface area (Å²) >= 11 is 0. The van der Waals surface area contributed by atoms with Crippen molar-refractivity contribution in [1.29, 1.82) is 0 Å². The number of methoxy groups -OCH3 is 1. The van der Waals surface area contributed by atoms with Crippen LogP contribution in [0.3, 0.4) is 0 Å². The number of carbonyl (C=O) groups is 1.